The van der Waals surface area contributed by atoms with Crippen LogP contribution in [-0.4, -0.2) is 33.6 Å². The van der Waals surface area contributed by atoms with Gasteiger partial charge in [-0.25, -0.2) is 4.79 Å². The third-order valence-corrected chi connectivity index (χ3v) is 4.05. The minimum atomic E-state index is -0.515. The highest BCUT2D eigenvalue weighted by Gasteiger charge is 2.26. The van der Waals surface area contributed by atoms with Gasteiger partial charge in [-0.05, 0) is 31.9 Å². The number of rotatable bonds is 2. The van der Waals surface area contributed by atoms with E-state index in [1.165, 1.54) is 0 Å². The molecule has 0 atom stereocenters. The minimum Gasteiger partial charge on any atom is -0.444 e. The van der Waals surface area contributed by atoms with Gasteiger partial charge in [0.1, 0.15) is 5.60 Å². The van der Waals surface area contributed by atoms with E-state index in [0.717, 1.165) is 22.0 Å². The Kier molecular flexibility index (Phi) is 3.99. The van der Waals surface area contributed by atoms with Crippen molar-refractivity contribution in [3.8, 4) is 0 Å². The fourth-order valence-corrected chi connectivity index (χ4v) is 3.14. The third kappa shape index (κ3) is 3.22. The summed E-state index contributed by atoms with van der Waals surface area (Å²) in [6.45, 7) is 7.30. The Bertz CT molecular complexity index is 802. The van der Waals surface area contributed by atoms with Crippen LogP contribution in [0.15, 0.2) is 24.4 Å². The summed E-state index contributed by atoms with van der Waals surface area (Å²) in [5.74, 6) is -0.341. The van der Waals surface area contributed by atoms with E-state index >= 15 is 0 Å². The number of primary amides is 1. The quantitative estimate of drug-likeness (QED) is 0.919. The summed E-state index contributed by atoms with van der Waals surface area (Å²) in [6.07, 6.45) is 1.89. The number of amides is 2. The van der Waals surface area contributed by atoms with Gasteiger partial charge < -0.3 is 19.9 Å². The van der Waals surface area contributed by atoms with Gasteiger partial charge in [0.25, 0.3) is 0 Å². The third-order valence-electron chi connectivity index (χ3n) is 4.05. The molecule has 6 heteroatoms. The second-order valence-corrected chi connectivity index (χ2v) is 7.21. The Hall–Kier alpha value is -2.50. The zero-order chi connectivity index (χ0) is 17.5. The number of nitrogens with zero attached hydrogens (tertiary/aromatic N) is 2. The van der Waals surface area contributed by atoms with Crippen LogP contribution in [0.5, 0.6) is 0 Å². The fourth-order valence-electron chi connectivity index (χ4n) is 3.14. The van der Waals surface area contributed by atoms with Crippen LogP contribution in [0.25, 0.3) is 10.9 Å². The van der Waals surface area contributed by atoms with Crippen LogP contribution in [-0.2, 0) is 29.0 Å². The highest BCUT2D eigenvalue weighted by atomic mass is 16.6. The van der Waals surface area contributed by atoms with Crippen LogP contribution in [0, 0.1) is 0 Å². The lowest BCUT2D eigenvalue weighted by molar-refractivity contribution is -0.117. The Morgan fingerprint density at radius 3 is 2.67 bits per heavy atom. The monoisotopic (exact) mass is 329 g/mol. The molecule has 2 heterocycles. The van der Waals surface area contributed by atoms with Gasteiger partial charge in [0.15, 0.2) is 0 Å². The molecule has 0 saturated heterocycles. The Morgan fingerprint density at radius 2 is 2.00 bits per heavy atom. The van der Waals surface area contributed by atoms with Crippen LogP contribution in [0.1, 0.15) is 31.9 Å². The van der Waals surface area contributed by atoms with Crippen LogP contribution in [0.3, 0.4) is 0 Å². The van der Waals surface area contributed by atoms with E-state index in [1.54, 1.807) is 4.90 Å². The first-order valence-electron chi connectivity index (χ1n) is 8.10. The van der Waals surface area contributed by atoms with Crippen LogP contribution in [0.2, 0.25) is 0 Å². The average Bonchev–Trinajstić information content (AvgIpc) is 2.68. The maximum atomic E-state index is 12.4. The Balaban J connectivity index is 1.94. The van der Waals surface area contributed by atoms with Gasteiger partial charge >= 0.3 is 6.09 Å². The largest absolute Gasteiger partial charge is 0.444 e. The predicted octanol–water partition coefficient (Wildman–Crippen LogP) is 2.42. The number of nitrogens with two attached hydrogens (primary N) is 1. The average molecular weight is 329 g/mol. The van der Waals surface area contributed by atoms with Gasteiger partial charge in [0, 0.05) is 24.7 Å². The van der Waals surface area contributed by atoms with E-state index in [0.29, 0.717) is 19.6 Å². The number of hydrogen-bond acceptors (Lipinski definition) is 3. The molecule has 0 spiro atoms. The molecule has 2 N–H and O–H groups in total. The van der Waals surface area contributed by atoms with Gasteiger partial charge in [-0.15, -0.1) is 0 Å². The summed E-state index contributed by atoms with van der Waals surface area (Å²) >= 11 is 0. The second kappa shape index (κ2) is 5.85. The van der Waals surface area contributed by atoms with Gasteiger partial charge in [0.05, 0.1) is 18.5 Å². The van der Waals surface area contributed by atoms with Crippen LogP contribution >= 0.6 is 0 Å². The number of aromatic nitrogens is 1. The molecule has 1 aromatic carbocycles. The molecule has 24 heavy (non-hydrogen) atoms. The maximum absolute atomic E-state index is 12.4. The molecule has 2 amide bonds. The number of benzene rings is 1. The summed E-state index contributed by atoms with van der Waals surface area (Å²) in [4.78, 5) is 25.4. The van der Waals surface area contributed by atoms with Crippen molar-refractivity contribution in [3.05, 3.63) is 35.5 Å². The normalized spacial score (nSPS) is 14.5. The first kappa shape index (κ1) is 16.4. The van der Waals surface area contributed by atoms with Gasteiger partial charge in [0.2, 0.25) is 5.91 Å². The van der Waals surface area contributed by atoms with Crippen molar-refractivity contribution < 1.29 is 14.3 Å². The van der Waals surface area contributed by atoms with E-state index in [4.69, 9.17) is 10.5 Å². The lowest BCUT2D eigenvalue weighted by atomic mass is 10.1. The van der Waals surface area contributed by atoms with Crippen molar-refractivity contribution in [1.29, 1.82) is 0 Å². The standard InChI is InChI=1S/C18H23N3O3/c1-18(2,3)24-17(23)21-8-7-20-11-13(9-15(19)22)14-6-4-5-12(10-21)16(14)20/h4-6,11H,7-10H2,1-3H3,(H2,19,22). The van der Waals surface area contributed by atoms with E-state index < -0.39 is 5.60 Å². The van der Waals surface area contributed by atoms with Gasteiger partial charge in [-0.1, -0.05) is 18.2 Å². The van der Waals surface area contributed by atoms with Crippen LogP contribution in [0.4, 0.5) is 4.79 Å². The number of ether oxygens (including phenoxy) is 1. The van der Waals surface area contributed by atoms with E-state index in [-0.39, 0.29) is 18.4 Å². The van der Waals surface area contributed by atoms with E-state index in [1.807, 2.05) is 45.2 Å². The van der Waals surface area contributed by atoms with E-state index in [2.05, 4.69) is 4.57 Å². The lowest BCUT2D eigenvalue weighted by Crippen LogP contribution is -2.37. The van der Waals surface area contributed by atoms with Crippen molar-refractivity contribution in [2.75, 3.05) is 6.54 Å². The van der Waals surface area contributed by atoms with Crippen molar-refractivity contribution in [2.24, 2.45) is 5.73 Å². The Morgan fingerprint density at radius 1 is 1.25 bits per heavy atom. The predicted molar refractivity (Wildman–Crippen MR) is 91.5 cm³/mol. The summed E-state index contributed by atoms with van der Waals surface area (Å²) in [5, 5.41) is 1.03. The van der Waals surface area contributed by atoms with Crippen molar-refractivity contribution in [2.45, 2.75) is 45.9 Å². The molecule has 0 fully saturated rings. The summed E-state index contributed by atoms with van der Waals surface area (Å²) in [5.41, 5.74) is 7.89. The topological polar surface area (TPSA) is 77.6 Å². The molecule has 3 rings (SSSR count). The fraction of sp³-hybridized carbons (Fsp3) is 0.444. The molecule has 0 unspecified atom stereocenters. The highest BCUT2D eigenvalue weighted by molar-refractivity contribution is 5.91. The maximum Gasteiger partial charge on any atom is 0.410 e. The van der Waals surface area contributed by atoms with E-state index in [9.17, 15) is 9.59 Å². The number of para-hydroxylation sites is 1. The molecule has 1 aliphatic rings. The van der Waals surface area contributed by atoms with Crippen LogP contribution < -0.4 is 5.73 Å². The SMILES string of the molecule is CC(C)(C)OC(=O)N1CCn2cc(CC(N)=O)c3cccc(c32)C1. The molecule has 0 radical (unpaired) electrons. The minimum absolute atomic E-state index is 0.225. The molecule has 1 aliphatic heterocycles. The van der Waals surface area contributed by atoms with Crippen molar-refractivity contribution >= 4 is 22.9 Å². The van der Waals surface area contributed by atoms with Crippen molar-refractivity contribution in [3.63, 3.8) is 0 Å². The first-order valence-corrected chi connectivity index (χ1v) is 8.10. The summed E-state index contributed by atoms with van der Waals surface area (Å²) in [7, 11) is 0. The summed E-state index contributed by atoms with van der Waals surface area (Å²) in [6, 6.07) is 5.96. The molecule has 0 bridgehead atoms. The van der Waals surface area contributed by atoms with Gasteiger partial charge in [-0.3, -0.25) is 4.79 Å². The molecule has 1 aromatic heterocycles. The molecular formula is C18H23N3O3. The second-order valence-electron chi connectivity index (χ2n) is 7.21. The zero-order valence-corrected chi connectivity index (χ0v) is 14.3. The molecule has 6 nitrogen and oxygen atoms in total. The smallest absolute Gasteiger partial charge is 0.410 e. The van der Waals surface area contributed by atoms with Gasteiger partial charge in [-0.2, -0.15) is 0 Å². The molecular weight excluding hydrogens is 306 g/mol. The number of carbonyl (C=O) groups excluding carboxylic acids is 2. The molecule has 128 valence electrons. The number of carbonyl (C=O) groups is 2. The first-order chi connectivity index (χ1) is 11.2. The number of hydrogen-bond donors (Lipinski definition) is 1. The summed E-state index contributed by atoms with van der Waals surface area (Å²) < 4.78 is 7.60. The Labute approximate surface area is 141 Å². The molecule has 2 aromatic rings. The lowest BCUT2D eigenvalue weighted by Gasteiger charge is -2.26. The highest BCUT2D eigenvalue weighted by Crippen LogP contribution is 2.28. The van der Waals surface area contributed by atoms with Crippen molar-refractivity contribution in [1.82, 2.24) is 9.47 Å². The molecule has 0 aliphatic carbocycles. The molecule has 0 saturated carbocycles. The zero-order valence-electron chi connectivity index (χ0n) is 14.3.